The minimum Gasteiger partial charge on any atom is -0.334 e. The standard InChI is InChI=1S/C13H18ClN3O.2ClH/c1-2-7-17(10-3-5-15-8-10)13(18)11-4-6-16-9-12(11)14;;/h4,6,9-10,15H,2-3,5,7-8H2,1H3;2*1H. The molecule has 114 valence electrons. The van der Waals surface area contributed by atoms with Gasteiger partial charge in [0.25, 0.3) is 5.91 Å². The second-order valence-electron chi connectivity index (χ2n) is 4.50. The SMILES string of the molecule is CCCN(C(=O)c1ccncc1Cl)C1CCNC1.Cl.Cl. The van der Waals surface area contributed by atoms with E-state index in [1.807, 2.05) is 4.90 Å². The Labute approximate surface area is 137 Å². The number of halogens is 3. The molecule has 2 heterocycles. The summed E-state index contributed by atoms with van der Waals surface area (Å²) in [5, 5.41) is 3.72. The third-order valence-corrected chi connectivity index (χ3v) is 3.50. The van der Waals surface area contributed by atoms with Crippen molar-refractivity contribution in [3.05, 3.63) is 29.0 Å². The molecule has 1 aliphatic rings. The van der Waals surface area contributed by atoms with Crippen LogP contribution in [0.5, 0.6) is 0 Å². The number of aromatic nitrogens is 1. The van der Waals surface area contributed by atoms with Gasteiger partial charge in [-0.2, -0.15) is 0 Å². The van der Waals surface area contributed by atoms with Gasteiger partial charge in [-0.1, -0.05) is 18.5 Å². The Balaban J connectivity index is 0.00000180. The fraction of sp³-hybridized carbons (Fsp3) is 0.538. The first-order valence-corrected chi connectivity index (χ1v) is 6.73. The van der Waals surface area contributed by atoms with Crippen LogP contribution < -0.4 is 5.32 Å². The second kappa shape index (κ2) is 9.40. The topological polar surface area (TPSA) is 45.2 Å². The highest BCUT2D eigenvalue weighted by atomic mass is 35.5. The molecule has 1 aromatic rings. The summed E-state index contributed by atoms with van der Waals surface area (Å²) in [7, 11) is 0. The maximum absolute atomic E-state index is 12.5. The zero-order chi connectivity index (χ0) is 13.0. The van der Waals surface area contributed by atoms with Gasteiger partial charge in [-0.25, -0.2) is 0 Å². The summed E-state index contributed by atoms with van der Waals surface area (Å²) in [4.78, 5) is 18.4. The number of carbonyl (C=O) groups is 1. The predicted octanol–water partition coefficient (Wildman–Crippen LogP) is 2.79. The molecule has 1 atom stereocenters. The van der Waals surface area contributed by atoms with Crippen LogP contribution in [0.4, 0.5) is 0 Å². The second-order valence-corrected chi connectivity index (χ2v) is 4.91. The van der Waals surface area contributed by atoms with E-state index in [0.29, 0.717) is 10.6 Å². The van der Waals surface area contributed by atoms with Crippen molar-refractivity contribution in [3.63, 3.8) is 0 Å². The van der Waals surface area contributed by atoms with Gasteiger partial charge in [-0.15, -0.1) is 24.8 Å². The monoisotopic (exact) mass is 339 g/mol. The Hall–Kier alpha value is -0.550. The van der Waals surface area contributed by atoms with Crippen LogP contribution in [0.25, 0.3) is 0 Å². The number of amides is 1. The van der Waals surface area contributed by atoms with E-state index in [1.54, 1.807) is 12.3 Å². The predicted molar refractivity (Wildman–Crippen MR) is 86.3 cm³/mol. The van der Waals surface area contributed by atoms with E-state index < -0.39 is 0 Å². The number of hydrogen-bond acceptors (Lipinski definition) is 3. The van der Waals surface area contributed by atoms with Crippen LogP contribution >= 0.6 is 36.4 Å². The number of rotatable bonds is 4. The molecule has 0 radical (unpaired) electrons. The number of nitrogens with zero attached hydrogens (tertiary/aromatic N) is 2. The maximum Gasteiger partial charge on any atom is 0.255 e. The quantitative estimate of drug-likeness (QED) is 0.916. The van der Waals surface area contributed by atoms with Crippen molar-refractivity contribution in [1.29, 1.82) is 0 Å². The van der Waals surface area contributed by atoms with Gasteiger partial charge >= 0.3 is 0 Å². The highest BCUT2D eigenvalue weighted by molar-refractivity contribution is 6.33. The van der Waals surface area contributed by atoms with Gasteiger partial charge < -0.3 is 10.2 Å². The summed E-state index contributed by atoms with van der Waals surface area (Å²) >= 11 is 6.04. The van der Waals surface area contributed by atoms with E-state index in [2.05, 4.69) is 17.2 Å². The van der Waals surface area contributed by atoms with Crippen LogP contribution in [0.1, 0.15) is 30.1 Å². The van der Waals surface area contributed by atoms with Gasteiger partial charge in [0.05, 0.1) is 10.6 Å². The summed E-state index contributed by atoms with van der Waals surface area (Å²) < 4.78 is 0. The van der Waals surface area contributed by atoms with Crippen LogP contribution in [0.3, 0.4) is 0 Å². The first-order chi connectivity index (χ1) is 8.74. The van der Waals surface area contributed by atoms with Crippen molar-refractivity contribution in [2.24, 2.45) is 0 Å². The molecule has 1 aliphatic heterocycles. The van der Waals surface area contributed by atoms with Crippen molar-refractivity contribution in [1.82, 2.24) is 15.2 Å². The fourth-order valence-corrected chi connectivity index (χ4v) is 2.50. The summed E-state index contributed by atoms with van der Waals surface area (Å²) in [6.45, 7) is 4.69. The van der Waals surface area contributed by atoms with Crippen molar-refractivity contribution in [3.8, 4) is 0 Å². The molecular weight excluding hydrogens is 321 g/mol. The zero-order valence-electron chi connectivity index (χ0n) is 11.3. The first-order valence-electron chi connectivity index (χ1n) is 6.35. The van der Waals surface area contributed by atoms with Gasteiger partial charge in [0, 0.05) is 31.5 Å². The summed E-state index contributed by atoms with van der Waals surface area (Å²) in [6, 6.07) is 1.97. The zero-order valence-corrected chi connectivity index (χ0v) is 13.7. The molecule has 1 N–H and O–H groups in total. The summed E-state index contributed by atoms with van der Waals surface area (Å²) in [5.74, 6) is 0.0120. The number of hydrogen-bond donors (Lipinski definition) is 1. The Kier molecular flexibility index (Phi) is 9.14. The van der Waals surface area contributed by atoms with Gasteiger partial charge in [0.15, 0.2) is 0 Å². The van der Waals surface area contributed by atoms with Crippen molar-refractivity contribution < 1.29 is 4.79 Å². The smallest absolute Gasteiger partial charge is 0.255 e. The Bertz CT molecular complexity index is 425. The summed E-state index contributed by atoms with van der Waals surface area (Å²) in [6.07, 6.45) is 5.08. The fourth-order valence-electron chi connectivity index (χ4n) is 2.30. The van der Waals surface area contributed by atoms with Crippen molar-refractivity contribution in [2.75, 3.05) is 19.6 Å². The van der Waals surface area contributed by atoms with E-state index in [9.17, 15) is 4.79 Å². The highest BCUT2D eigenvalue weighted by Gasteiger charge is 2.27. The van der Waals surface area contributed by atoms with Gasteiger partial charge in [0.2, 0.25) is 0 Å². The normalized spacial score (nSPS) is 17.0. The van der Waals surface area contributed by atoms with Crippen LogP contribution in [0, 0.1) is 0 Å². The molecule has 1 aromatic heterocycles. The largest absolute Gasteiger partial charge is 0.334 e. The molecule has 1 saturated heterocycles. The molecule has 0 aliphatic carbocycles. The van der Waals surface area contributed by atoms with E-state index >= 15 is 0 Å². The molecule has 1 unspecified atom stereocenters. The van der Waals surface area contributed by atoms with E-state index in [1.165, 1.54) is 6.20 Å². The summed E-state index contributed by atoms with van der Waals surface area (Å²) in [5.41, 5.74) is 0.548. The van der Waals surface area contributed by atoms with Crippen molar-refractivity contribution in [2.45, 2.75) is 25.8 Å². The Morgan fingerprint density at radius 1 is 1.55 bits per heavy atom. The van der Waals surface area contributed by atoms with E-state index in [4.69, 9.17) is 11.6 Å². The lowest BCUT2D eigenvalue weighted by molar-refractivity contribution is 0.0692. The lowest BCUT2D eigenvalue weighted by Crippen LogP contribution is -2.42. The molecule has 0 spiro atoms. The van der Waals surface area contributed by atoms with Gasteiger partial charge in [-0.3, -0.25) is 9.78 Å². The highest BCUT2D eigenvalue weighted by Crippen LogP contribution is 2.19. The van der Waals surface area contributed by atoms with Crippen LogP contribution in [0.15, 0.2) is 18.5 Å². The molecule has 1 amide bonds. The van der Waals surface area contributed by atoms with Crippen LogP contribution in [-0.4, -0.2) is 41.5 Å². The molecule has 7 heteroatoms. The minimum absolute atomic E-state index is 0. The van der Waals surface area contributed by atoms with Crippen LogP contribution in [0.2, 0.25) is 5.02 Å². The lowest BCUT2D eigenvalue weighted by Gasteiger charge is -2.28. The average molecular weight is 341 g/mol. The lowest BCUT2D eigenvalue weighted by atomic mass is 10.1. The van der Waals surface area contributed by atoms with Gasteiger partial charge in [0.1, 0.15) is 0 Å². The molecule has 1 fully saturated rings. The van der Waals surface area contributed by atoms with Gasteiger partial charge in [-0.05, 0) is 25.5 Å². The third kappa shape index (κ3) is 4.48. The average Bonchev–Trinajstić information content (AvgIpc) is 2.89. The molecular formula is C13H20Cl3N3O. The Morgan fingerprint density at radius 2 is 2.30 bits per heavy atom. The molecule has 4 nitrogen and oxygen atoms in total. The molecule has 0 aromatic carbocycles. The van der Waals surface area contributed by atoms with E-state index in [0.717, 1.165) is 32.5 Å². The first kappa shape index (κ1) is 19.4. The van der Waals surface area contributed by atoms with E-state index in [-0.39, 0.29) is 36.8 Å². The molecule has 0 bridgehead atoms. The number of pyridine rings is 1. The van der Waals surface area contributed by atoms with Crippen LogP contribution in [-0.2, 0) is 0 Å². The number of carbonyl (C=O) groups excluding carboxylic acids is 1. The van der Waals surface area contributed by atoms with Crippen molar-refractivity contribution >= 4 is 42.3 Å². The minimum atomic E-state index is 0. The third-order valence-electron chi connectivity index (χ3n) is 3.20. The molecule has 0 saturated carbocycles. The maximum atomic E-state index is 12.5. The Morgan fingerprint density at radius 3 is 2.85 bits per heavy atom. The molecule has 20 heavy (non-hydrogen) atoms. The molecule has 2 rings (SSSR count). The number of nitrogens with one attached hydrogen (secondary N) is 1.